The van der Waals surface area contributed by atoms with E-state index in [0.717, 1.165) is 60.1 Å². The largest absolute Gasteiger partial charge is 0.441 e. The maximum atomic E-state index is 12.6. The Kier molecular flexibility index (Phi) is 6.27. The fraction of sp³-hybridized carbons (Fsp3) is 0.478. The summed E-state index contributed by atoms with van der Waals surface area (Å²) in [6, 6.07) is 8.47. The summed E-state index contributed by atoms with van der Waals surface area (Å²) in [6.45, 7) is 2.55. The molecule has 160 valence electrons. The van der Waals surface area contributed by atoms with E-state index < -0.39 is 6.43 Å². The quantitative estimate of drug-likeness (QED) is 0.564. The Hall–Kier alpha value is -2.54. The van der Waals surface area contributed by atoms with Crippen LogP contribution in [0.1, 0.15) is 31.6 Å². The van der Waals surface area contributed by atoms with Crippen molar-refractivity contribution in [3.05, 3.63) is 42.5 Å². The molecule has 2 heterocycles. The highest BCUT2D eigenvalue weighted by Gasteiger charge is 2.25. The van der Waals surface area contributed by atoms with Crippen LogP contribution in [0.15, 0.2) is 41.1 Å². The highest BCUT2D eigenvalue weighted by Crippen LogP contribution is 2.29. The van der Waals surface area contributed by atoms with Gasteiger partial charge in [-0.15, -0.1) is 0 Å². The number of rotatable bonds is 7. The van der Waals surface area contributed by atoms with E-state index in [-0.39, 0.29) is 12.6 Å². The molecule has 0 bridgehead atoms. The Morgan fingerprint density at radius 1 is 1.10 bits per heavy atom. The molecule has 0 aliphatic heterocycles. The smallest absolute Gasteiger partial charge is 0.251 e. The van der Waals surface area contributed by atoms with Gasteiger partial charge < -0.3 is 9.73 Å². The molecule has 0 saturated heterocycles. The molecular formula is C23H28F2N4O. The monoisotopic (exact) mass is 414 g/mol. The molecule has 30 heavy (non-hydrogen) atoms. The van der Waals surface area contributed by atoms with Gasteiger partial charge in [0.1, 0.15) is 5.82 Å². The summed E-state index contributed by atoms with van der Waals surface area (Å²) in [7, 11) is 1.81. The van der Waals surface area contributed by atoms with Crippen molar-refractivity contribution in [3.63, 3.8) is 0 Å². The lowest BCUT2D eigenvalue weighted by Crippen LogP contribution is -2.38. The number of nitrogens with zero attached hydrogens (tertiary/aromatic N) is 3. The van der Waals surface area contributed by atoms with E-state index in [4.69, 9.17) is 4.42 Å². The van der Waals surface area contributed by atoms with Crippen LogP contribution in [0, 0.1) is 12.8 Å². The van der Waals surface area contributed by atoms with Crippen LogP contribution in [0.4, 0.5) is 14.6 Å². The van der Waals surface area contributed by atoms with Crippen LogP contribution in [0.25, 0.3) is 22.1 Å². The van der Waals surface area contributed by atoms with Crippen LogP contribution >= 0.6 is 0 Å². The second kappa shape index (κ2) is 9.08. The first kappa shape index (κ1) is 20.7. The van der Waals surface area contributed by atoms with Crippen LogP contribution in [0.5, 0.6) is 0 Å². The van der Waals surface area contributed by atoms with Crippen molar-refractivity contribution < 1.29 is 13.2 Å². The van der Waals surface area contributed by atoms with Gasteiger partial charge in [0.05, 0.1) is 12.7 Å². The van der Waals surface area contributed by atoms with E-state index in [2.05, 4.69) is 27.4 Å². The lowest BCUT2D eigenvalue weighted by atomic mass is 9.85. The van der Waals surface area contributed by atoms with Crippen molar-refractivity contribution in [3.8, 4) is 11.3 Å². The number of benzene rings is 1. The van der Waals surface area contributed by atoms with E-state index in [1.165, 1.54) is 0 Å². The number of aromatic nitrogens is 2. The second-order valence-electron chi connectivity index (χ2n) is 8.26. The lowest BCUT2D eigenvalue weighted by molar-refractivity contribution is 0.0660. The second-order valence-corrected chi connectivity index (χ2v) is 8.26. The molecule has 1 aliphatic rings. The Bertz CT molecular complexity index is 982. The molecule has 1 aliphatic carbocycles. The lowest BCUT2D eigenvalue weighted by Gasteiger charge is -2.34. The first-order valence-electron chi connectivity index (χ1n) is 10.5. The van der Waals surface area contributed by atoms with E-state index >= 15 is 0 Å². The number of pyridine rings is 1. The highest BCUT2D eigenvalue weighted by molar-refractivity contribution is 5.87. The van der Waals surface area contributed by atoms with E-state index in [1.807, 2.05) is 37.2 Å². The van der Waals surface area contributed by atoms with E-state index in [9.17, 15) is 8.78 Å². The molecule has 1 fully saturated rings. The fourth-order valence-corrected chi connectivity index (χ4v) is 4.29. The van der Waals surface area contributed by atoms with Crippen LogP contribution < -0.4 is 5.32 Å². The highest BCUT2D eigenvalue weighted by atomic mass is 19.3. The number of anilines is 1. The third-order valence-corrected chi connectivity index (χ3v) is 6.06. The van der Waals surface area contributed by atoms with Gasteiger partial charge in [0.2, 0.25) is 0 Å². The van der Waals surface area contributed by atoms with E-state index in [0.29, 0.717) is 11.8 Å². The van der Waals surface area contributed by atoms with Crippen molar-refractivity contribution in [2.75, 3.05) is 25.5 Å². The van der Waals surface area contributed by atoms with Crippen LogP contribution in [0.3, 0.4) is 0 Å². The molecule has 2 aromatic heterocycles. The number of fused-ring (bicyclic) bond motifs is 1. The summed E-state index contributed by atoms with van der Waals surface area (Å²) in [4.78, 5) is 10.5. The van der Waals surface area contributed by atoms with Gasteiger partial charge >= 0.3 is 0 Å². The summed E-state index contributed by atoms with van der Waals surface area (Å²) < 4.78 is 30.8. The molecule has 7 heteroatoms. The third-order valence-electron chi connectivity index (χ3n) is 6.06. The molecule has 0 radical (unpaired) electrons. The van der Waals surface area contributed by atoms with Crippen LogP contribution in [-0.4, -0.2) is 47.5 Å². The minimum Gasteiger partial charge on any atom is -0.441 e. The molecule has 4 rings (SSSR count). The number of halogens is 2. The van der Waals surface area contributed by atoms with Crippen molar-refractivity contribution in [2.24, 2.45) is 5.92 Å². The molecule has 3 aromatic rings. The third kappa shape index (κ3) is 4.95. The SMILES string of the molecule is Cc1ncc(-c2ccc3cnc(NCC4CCC(N(C)CC(F)F)CC4)cc3c2)o1. The first-order chi connectivity index (χ1) is 14.5. The number of alkyl halides is 2. The van der Waals surface area contributed by atoms with Crippen molar-refractivity contribution >= 4 is 16.6 Å². The number of oxazole rings is 1. The van der Waals surface area contributed by atoms with Crippen LogP contribution in [0.2, 0.25) is 0 Å². The molecule has 1 aromatic carbocycles. The average molecular weight is 415 g/mol. The minimum atomic E-state index is -2.26. The van der Waals surface area contributed by atoms with Gasteiger partial charge in [0, 0.05) is 36.7 Å². The summed E-state index contributed by atoms with van der Waals surface area (Å²) in [5, 5.41) is 5.63. The predicted octanol–water partition coefficient (Wildman–Crippen LogP) is 5.37. The van der Waals surface area contributed by atoms with Gasteiger partial charge in [-0.25, -0.2) is 18.7 Å². The predicted molar refractivity (Wildman–Crippen MR) is 115 cm³/mol. The maximum absolute atomic E-state index is 12.6. The molecular weight excluding hydrogens is 386 g/mol. The zero-order valence-corrected chi connectivity index (χ0v) is 17.4. The van der Waals surface area contributed by atoms with Crippen LogP contribution in [-0.2, 0) is 0 Å². The van der Waals surface area contributed by atoms with Crippen molar-refractivity contribution in [1.82, 2.24) is 14.9 Å². The standard InChI is InChI=1S/C23H28F2N4O/c1-15-26-13-21(30-15)17-5-6-18-12-28-23(10-19(18)9-17)27-11-16-3-7-20(8-4-16)29(2)14-22(24)25/h5-6,9-10,12-13,16,20,22H,3-4,7-8,11,14H2,1-2H3,(H,27,28). The summed E-state index contributed by atoms with van der Waals surface area (Å²) >= 11 is 0. The van der Waals surface area contributed by atoms with E-state index in [1.54, 1.807) is 6.20 Å². The van der Waals surface area contributed by atoms with Crippen molar-refractivity contribution in [2.45, 2.75) is 45.1 Å². The molecule has 0 atom stereocenters. The molecule has 1 saturated carbocycles. The number of aryl methyl sites for hydroxylation is 1. The first-order valence-corrected chi connectivity index (χ1v) is 10.5. The Morgan fingerprint density at radius 2 is 1.90 bits per heavy atom. The van der Waals surface area contributed by atoms with Gasteiger partial charge in [0.15, 0.2) is 11.7 Å². The summed E-state index contributed by atoms with van der Waals surface area (Å²) in [6.07, 6.45) is 5.40. The zero-order chi connectivity index (χ0) is 21.1. The average Bonchev–Trinajstić information content (AvgIpc) is 3.18. The van der Waals surface area contributed by atoms with Gasteiger partial charge in [-0.3, -0.25) is 4.90 Å². The zero-order valence-electron chi connectivity index (χ0n) is 17.4. The topological polar surface area (TPSA) is 54.2 Å². The van der Waals surface area contributed by atoms with Crippen molar-refractivity contribution in [1.29, 1.82) is 0 Å². The van der Waals surface area contributed by atoms with Gasteiger partial charge in [0.25, 0.3) is 6.43 Å². The van der Waals surface area contributed by atoms with Gasteiger partial charge in [-0.05, 0) is 56.2 Å². The number of hydrogen-bond acceptors (Lipinski definition) is 5. The summed E-state index contributed by atoms with van der Waals surface area (Å²) in [5.74, 6) is 2.80. The summed E-state index contributed by atoms with van der Waals surface area (Å²) in [5.41, 5.74) is 0.992. The number of nitrogens with one attached hydrogen (secondary N) is 1. The Labute approximate surface area is 175 Å². The van der Waals surface area contributed by atoms with Gasteiger partial charge in [-0.2, -0.15) is 0 Å². The Morgan fingerprint density at radius 3 is 2.60 bits per heavy atom. The minimum absolute atomic E-state index is 0.135. The fourth-order valence-electron chi connectivity index (χ4n) is 4.29. The number of hydrogen-bond donors (Lipinski definition) is 1. The maximum Gasteiger partial charge on any atom is 0.251 e. The molecule has 5 nitrogen and oxygen atoms in total. The molecule has 0 unspecified atom stereocenters. The van der Waals surface area contributed by atoms with Gasteiger partial charge in [-0.1, -0.05) is 12.1 Å². The molecule has 0 amide bonds. The Balaban J connectivity index is 1.35. The molecule has 1 N–H and O–H groups in total. The molecule has 0 spiro atoms. The normalized spacial score (nSPS) is 19.7.